The van der Waals surface area contributed by atoms with Crippen molar-refractivity contribution >= 4 is 27.3 Å². The van der Waals surface area contributed by atoms with Gasteiger partial charge in [0.05, 0.1) is 18.6 Å². The van der Waals surface area contributed by atoms with Crippen molar-refractivity contribution < 1.29 is 0 Å². The maximum absolute atomic E-state index is 4.40. The fourth-order valence-corrected chi connectivity index (χ4v) is 2.26. The van der Waals surface area contributed by atoms with Crippen molar-refractivity contribution in [2.24, 2.45) is 0 Å². The number of hydrogen-bond acceptors (Lipinski definition) is 3. The van der Waals surface area contributed by atoms with Gasteiger partial charge in [-0.25, -0.2) is 9.97 Å². The van der Waals surface area contributed by atoms with Crippen LogP contribution < -0.4 is 0 Å². The van der Waals surface area contributed by atoms with E-state index in [9.17, 15) is 0 Å². The first-order chi connectivity index (χ1) is 6.78. The van der Waals surface area contributed by atoms with Gasteiger partial charge in [-0.1, -0.05) is 15.9 Å². The molecule has 2 aromatic heterocycles. The van der Waals surface area contributed by atoms with Crippen LogP contribution in [-0.2, 0) is 11.9 Å². The Morgan fingerprint density at radius 2 is 2.43 bits per heavy atom. The molecule has 14 heavy (non-hydrogen) atoms. The molecule has 0 aliphatic heterocycles. The molecule has 0 bridgehead atoms. The zero-order valence-electron chi connectivity index (χ0n) is 7.77. The highest BCUT2D eigenvalue weighted by molar-refractivity contribution is 9.08. The summed E-state index contributed by atoms with van der Waals surface area (Å²) in [5, 5.41) is 4.00. The zero-order valence-corrected chi connectivity index (χ0v) is 10.2. The number of imidazole rings is 1. The third-order valence-electron chi connectivity index (χ3n) is 1.81. The van der Waals surface area contributed by atoms with Gasteiger partial charge in [0.15, 0.2) is 0 Å². The molecule has 74 valence electrons. The molecule has 0 fully saturated rings. The molecule has 2 aromatic rings. The van der Waals surface area contributed by atoms with Crippen LogP contribution in [0.25, 0.3) is 0 Å². The molecule has 2 rings (SSSR count). The summed E-state index contributed by atoms with van der Waals surface area (Å²) in [5.74, 6) is 0. The van der Waals surface area contributed by atoms with Gasteiger partial charge in [0.2, 0.25) is 0 Å². The van der Waals surface area contributed by atoms with Gasteiger partial charge in [-0.2, -0.15) is 0 Å². The van der Waals surface area contributed by atoms with E-state index in [-0.39, 0.29) is 0 Å². The fourth-order valence-electron chi connectivity index (χ4n) is 1.19. The number of aryl methyl sites for hydroxylation is 1. The molecule has 0 saturated heterocycles. The van der Waals surface area contributed by atoms with E-state index >= 15 is 0 Å². The highest BCUT2D eigenvalue weighted by atomic mass is 79.9. The van der Waals surface area contributed by atoms with Crippen molar-refractivity contribution in [2.75, 3.05) is 0 Å². The van der Waals surface area contributed by atoms with Crippen LogP contribution in [0, 0.1) is 6.92 Å². The minimum absolute atomic E-state index is 0.802. The molecule has 0 aromatic carbocycles. The molecule has 0 radical (unpaired) electrons. The summed E-state index contributed by atoms with van der Waals surface area (Å²) in [6.45, 7) is 2.83. The van der Waals surface area contributed by atoms with Crippen LogP contribution in [-0.4, -0.2) is 14.5 Å². The van der Waals surface area contributed by atoms with Crippen molar-refractivity contribution in [3.8, 4) is 0 Å². The number of nitrogens with zero attached hydrogens (tertiary/aromatic N) is 3. The predicted octanol–water partition coefficient (Wildman–Crippen LogP) is 2.59. The Morgan fingerprint density at radius 1 is 1.57 bits per heavy atom. The van der Waals surface area contributed by atoms with Gasteiger partial charge >= 0.3 is 0 Å². The van der Waals surface area contributed by atoms with Crippen molar-refractivity contribution in [1.82, 2.24) is 14.5 Å². The second-order valence-corrected chi connectivity index (χ2v) is 4.56. The van der Waals surface area contributed by atoms with Gasteiger partial charge in [-0.3, -0.25) is 0 Å². The Kier molecular flexibility index (Phi) is 2.98. The Balaban J connectivity index is 2.10. The molecule has 2 heterocycles. The van der Waals surface area contributed by atoms with E-state index in [1.807, 2.05) is 19.4 Å². The summed E-state index contributed by atoms with van der Waals surface area (Å²) >= 11 is 5.06. The molecule has 3 nitrogen and oxygen atoms in total. The summed E-state index contributed by atoms with van der Waals surface area (Å²) < 4.78 is 2.05. The fraction of sp³-hybridized carbons (Fsp3) is 0.333. The van der Waals surface area contributed by atoms with Crippen molar-refractivity contribution in [2.45, 2.75) is 18.8 Å². The SMILES string of the molecule is Cc1csc(Cn2cnc(CBr)c2)n1. The number of halogens is 1. The number of thiazole rings is 1. The van der Waals surface area contributed by atoms with Gasteiger partial charge in [0.25, 0.3) is 0 Å². The minimum atomic E-state index is 0.802. The monoisotopic (exact) mass is 271 g/mol. The number of aromatic nitrogens is 3. The highest BCUT2D eigenvalue weighted by Crippen LogP contribution is 2.11. The number of alkyl halides is 1. The molecular formula is C9H10BrN3S. The van der Waals surface area contributed by atoms with Crippen LogP contribution in [0.5, 0.6) is 0 Å². The Bertz CT molecular complexity index is 421. The van der Waals surface area contributed by atoms with E-state index in [4.69, 9.17) is 0 Å². The van der Waals surface area contributed by atoms with Crippen molar-refractivity contribution in [3.05, 3.63) is 34.3 Å². The average Bonchev–Trinajstić information content (AvgIpc) is 2.76. The van der Waals surface area contributed by atoms with Crippen molar-refractivity contribution in [3.63, 3.8) is 0 Å². The van der Waals surface area contributed by atoms with Crippen LogP contribution in [0.3, 0.4) is 0 Å². The largest absolute Gasteiger partial charge is 0.330 e. The zero-order chi connectivity index (χ0) is 9.97. The first-order valence-electron chi connectivity index (χ1n) is 4.25. The summed E-state index contributed by atoms with van der Waals surface area (Å²) in [4.78, 5) is 8.63. The van der Waals surface area contributed by atoms with Gasteiger partial charge in [0.1, 0.15) is 5.01 Å². The molecule has 5 heteroatoms. The van der Waals surface area contributed by atoms with Gasteiger partial charge in [-0.15, -0.1) is 11.3 Å². The highest BCUT2D eigenvalue weighted by Gasteiger charge is 2.01. The van der Waals surface area contributed by atoms with Crippen LogP contribution in [0.2, 0.25) is 0 Å². The van der Waals surface area contributed by atoms with E-state index in [2.05, 4.69) is 35.8 Å². The lowest BCUT2D eigenvalue weighted by Crippen LogP contribution is -1.95. The molecule has 0 aliphatic rings. The Morgan fingerprint density at radius 3 is 3.00 bits per heavy atom. The topological polar surface area (TPSA) is 30.7 Å². The molecule has 0 spiro atoms. The molecule has 0 unspecified atom stereocenters. The summed E-state index contributed by atoms with van der Waals surface area (Å²) in [5.41, 5.74) is 2.14. The van der Waals surface area contributed by atoms with Gasteiger partial charge < -0.3 is 4.57 Å². The first kappa shape index (κ1) is 9.86. The average molecular weight is 272 g/mol. The molecule has 0 amide bonds. The Hall–Kier alpha value is -0.680. The second kappa shape index (κ2) is 4.23. The summed E-state index contributed by atoms with van der Waals surface area (Å²) in [6, 6.07) is 0. The van der Waals surface area contributed by atoms with Crippen molar-refractivity contribution in [1.29, 1.82) is 0 Å². The molecule has 0 atom stereocenters. The van der Waals surface area contributed by atoms with E-state index in [0.29, 0.717) is 0 Å². The molecule has 0 saturated carbocycles. The van der Waals surface area contributed by atoms with Gasteiger partial charge in [0, 0.05) is 22.6 Å². The van der Waals surface area contributed by atoms with E-state index in [1.54, 1.807) is 11.3 Å². The predicted molar refractivity (Wildman–Crippen MR) is 60.8 cm³/mol. The third-order valence-corrected chi connectivity index (χ3v) is 3.33. The molecule has 0 N–H and O–H groups in total. The van der Waals surface area contributed by atoms with Gasteiger partial charge in [-0.05, 0) is 6.92 Å². The lowest BCUT2D eigenvalue weighted by molar-refractivity contribution is 0.787. The smallest absolute Gasteiger partial charge is 0.113 e. The Labute approximate surface area is 94.9 Å². The standard InChI is InChI=1S/C9H10BrN3S/c1-7-5-14-9(12-7)4-13-3-8(2-10)11-6-13/h3,5-6H,2,4H2,1H3. The summed E-state index contributed by atoms with van der Waals surface area (Å²) in [6.07, 6.45) is 3.87. The second-order valence-electron chi connectivity index (χ2n) is 3.05. The number of rotatable bonds is 3. The third kappa shape index (κ3) is 2.22. The molecular weight excluding hydrogens is 262 g/mol. The van der Waals surface area contributed by atoms with E-state index < -0.39 is 0 Å². The first-order valence-corrected chi connectivity index (χ1v) is 6.25. The summed E-state index contributed by atoms with van der Waals surface area (Å²) in [7, 11) is 0. The van der Waals surface area contributed by atoms with E-state index in [0.717, 1.165) is 28.3 Å². The van der Waals surface area contributed by atoms with Crippen LogP contribution in [0.1, 0.15) is 16.4 Å². The van der Waals surface area contributed by atoms with Crippen LogP contribution >= 0.6 is 27.3 Å². The number of hydrogen-bond donors (Lipinski definition) is 0. The quantitative estimate of drug-likeness (QED) is 0.804. The van der Waals surface area contributed by atoms with E-state index in [1.165, 1.54) is 0 Å². The lowest BCUT2D eigenvalue weighted by Gasteiger charge is -1.95. The maximum atomic E-state index is 4.40. The lowest BCUT2D eigenvalue weighted by atomic mass is 10.5. The maximum Gasteiger partial charge on any atom is 0.113 e. The normalized spacial score (nSPS) is 10.7. The molecule has 0 aliphatic carbocycles. The minimum Gasteiger partial charge on any atom is -0.330 e. The van der Waals surface area contributed by atoms with Crippen LogP contribution in [0.4, 0.5) is 0 Å². The van der Waals surface area contributed by atoms with Crippen LogP contribution in [0.15, 0.2) is 17.9 Å².